The Morgan fingerprint density at radius 1 is 0.914 bits per heavy atom. The van der Waals surface area contributed by atoms with Crippen molar-refractivity contribution in [2.24, 2.45) is 0 Å². The van der Waals surface area contributed by atoms with Crippen molar-refractivity contribution in [2.75, 3.05) is 23.0 Å². The number of nitrogens with one attached hydrogen (secondary N) is 1. The molecule has 0 atom stereocenters. The number of nitrogens with zero attached hydrogens (tertiary/aromatic N) is 1. The van der Waals surface area contributed by atoms with E-state index in [1.54, 1.807) is 55.6 Å². The third-order valence-electron chi connectivity index (χ3n) is 6.43. The fraction of sp³-hybridized carbons (Fsp3) is 0.179. The topological polar surface area (TPSA) is 75.7 Å². The number of rotatable bonds is 7. The Morgan fingerprint density at radius 3 is 2.26 bits per heavy atom. The summed E-state index contributed by atoms with van der Waals surface area (Å²) in [6, 6.07) is 24.2. The summed E-state index contributed by atoms with van der Waals surface area (Å²) in [5.41, 5.74) is 5.27. The average Bonchev–Trinajstić information content (AvgIpc) is 3.28. The van der Waals surface area contributed by atoms with E-state index in [1.807, 2.05) is 18.2 Å². The zero-order valence-corrected chi connectivity index (χ0v) is 20.4. The van der Waals surface area contributed by atoms with Gasteiger partial charge in [0.25, 0.3) is 5.91 Å². The van der Waals surface area contributed by atoms with Crippen LogP contribution in [0, 0.1) is 0 Å². The highest BCUT2D eigenvalue weighted by atomic mass is 32.2. The molecule has 1 aliphatic rings. The van der Waals surface area contributed by atoms with E-state index in [-0.39, 0.29) is 12.5 Å². The Morgan fingerprint density at radius 2 is 1.60 bits per heavy atom. The fourth-order valence-corrected chi connectivity index (χ4v) is 5.51. The lowest BCUT2D eigenvalue weighted by atomic mass is 10.0. The molecule has 1 amide bonds. The number of aryl methyl sites for hydroxylation is 2. The molecule has 0 unspecified atom stereocenters. The minimum absolute atomic E-state index is 0.155. The van der Waals surface area contributed by atoms with Crippen molar-refractivity contribution in [3.63, 3.8) is 0 Å². The van der Waals surface area contributed by atoms with E-state index in [0.717, 1.165) is 29.5 Å². The average molecular weight is 487 g/mol. The maximum absolute atomic E-state index is 13.0. The molecule has 5 rings (SSSR count). The highest BCUT2D eigenvalue weighted by Gasteiger charge is 2.19. The number of benzene rings is 4. The smallest absolute Gasteiger partial charge is 0.255 e. The van der Waals surface area contributed by atoms with E-state index in [2.05, 4.69) is 17.4 Å². The number of sulfonamides is 1. The minimum atomic E-state index is -3.51. The zero-order chi connectivity index (χ0) is 24.6. The van der Waals surface area contributed by atoms with Crippen LogP contribution in [0.2, 0.25) is 0 Å². The van der Waals surface area contributed by atoms with E-state index in [4.69, 9.17) is 4.74 Å². The molecule has 0 fully saturated rings. The van der Waals surface area contributed by atoms with Gasteiger partial charge in [0.2, 0.25) is 10.0 Å². The van der Waals surface area contributed by atoms with E-state index >= 15 is 0 Å². The number of amides is 1. The predicted octanol–water partition coefficient (Wildman–Crippen LogP) is 5.17. The van der Waals surface area contributed by atoms with Crippen LogP contribution in [0.3, 0.4) is 0 Å². The highest BCUT2D eigenvalue weighted by Crippen LogP contribution is 2.35. The summed E-state index contributed by atoms with van der Waals surface area (Å²) < 4.78 is 31.4. The van der Waals surface area contributed by atoms with Crippen LogP contribution in [0.15, 0.2) is 78.9 Å². The van der Waals surface area contributed by atoms with Gasteiger partial charge in [-0.05, 0) is 77.4 Å². The van der Waals surface area contributed by atoms with Gasteiger partial charge in [-0.2, -0.15) is 0 Å². The molecule has 7 heteroatoms. The Bertz CT molecular complexity index is 1500. The Hall–Kier alpha value is -3.84. The predicted molar refractivity (Wildman–Crippen MR) is 140 cm³/mol. The van der Waals surface area contributed by atoms with Gasteiger partial charge < -0.3 is 10.1 Å². The first-order valence-corrected chi connectivity index (χ1v) is 13.2. The summed E-state index contributed by atoms with van der Waals surface area (Å²) >= 11 is 0. The summed E-state index contributed by atoms with van der Waals surface area (Å²) in [6.45, 7) is 0.155. The van der Waals surface area contributed by atoms with Crippen molar-refractivity contribution in [2.45, 2.75) is 19.4 Å². The van der Waals surface area contributed by atoms with Crippen molar-refractivity contribution in [1.82, 2.24) is 0 Å². The molecule has 178 valence electrons. The number of hydrogen-bond acceptors (Lipinski definition) is 4. The summed E-state index contributed by atoms with van der Waals surface area (Å²) in [6.07, 6.45) is 3.25. The van der Waals surface area contributed by atoms with Gasteiger partial charge in [0.15, 0.2) is 0 Å². The van der Waals surface area contributed by atoms with Gasteiger partial charge in [-0.3, -0.25) is 9.10 Å². The molecule has 0 aliphatic heterocycles. The number of anilines is 2. The Labute approximate surface area is 205 Å². The van der Waals surface area contributed by atoms with Gasteiger partial charge in [0.1, 0.15) is 5.75 Å². The normalized spacial score (nSPS) is 12.5. The van der Waals surface area contributed by atoms with Gasteiger partial charge >= 0.3 is 0 Å². The SMILES string of the molecule is COc1ccc(N(Cc2ccc(C(=O)Nc3ccc4c5c(cccc35)CC4)cc2)S(C)(=O)=O)cc1. The van der Waals surface area contributed by atoms with Crippen molar-refractivity contribution >= 4 is 38.1 Å². The third-order valence-corrected chi connectivity index (χ3v) is 7.57. The van der Waals surface area contributed by atoms with Crippen LogP contribution in [-0.2, 0) is 29.4 Å². The van der Waals surface area contributed by atoms with Crippen LogP contribution < -0.4 is 14.4 Å². The third kappa shape index (κ3) is 4.59. The van der Waals surface area contributed by atoms with Crippen molar-refractivity contribution in [1.29, 1.82) is 0 Å². The largest absolute Gasteiger partial charge is 0.497 e. The lowest BCUT2D eigenvalue weighted by molar-refractivity contribution is 0.102. The number of carbonyl (C=O) groups excluding carboxylic acids is 1. The highest BCUT2D eigenvalue weighted by molar-refractivity contribution is 7.92. The number of methoxy groups -OCH3 is 1. The summed E-state index contributed by atoms with van der Waals surface area (Å²) in [5, 5.41) is 5.36. The minimum Gasteiger partial charge on any atom is -0.497 e. The molecule has 4 aromatic rings. The quantitative estimate of drug-likeness (QED) is 0.391. The standard InChI is InChI=1S/C28H26N2O4S/c1-34-24-15-13-23(14-16-24)30(35(2,32)33)18-19-6-8-22(9-7-19)28(31)29-26-17-12-21-11-10-20-4-3-5-25(26)27(20)21/h3-9,12-17H,10-11,18H2,1-2H3,(H,29,31). The maximum atomic E-state index is 13.0. The van der Waals surface area contributed by atoms with E-state index in [9.17, 15) is 13.2 Å². The van der Waals surface area contributed by atoms with E-state index in [1.165, 1.54) is 27.1 Å². The second-order valence-electron chi connectivity index (χ2n) is 8.73. The van der Waals surface area contributed by atoms with E-state index < -0.39 is 10.0 Å². The number of ether oxygens (including phenoxy) is 1. The molecule has 0 saturated heterocycles. The summed E-state index contributed by atoms with van der Waals surface area (Å²) in [4.78, 5) is 13.0. The lowest BCUT2D eigenvalue weighted by Crippen LogP contribution is -2.29. The van der Waals surface area contributed by atoms with Crippen LogP contribution in [0.4, 0.5) is 11.4 Å². The molecule has 1 N–H and O–H groups in total. The Balaban J connectivity index is 1.35. The second kappa shape index (κ2) is 9.07. The van der Waals surface area contributed by atoms with Crippen LogP contribution in [0.25, 0.3) is 10.8 Å². The molecule has 0 bridgehead atoms. The summed E-state index contributed by atoms with van der Waals surface area (Å²) in [7, 11) is -1.95. The first kappa shape index (κ1) is 22.9. The molecular weight excluding hydrogens is 460 g/mol. The van der Waals surface area contributed by atoms with Crippen molar-refractivity contribution in [3.05, 3.63) is 101 Å². The number of hydrogen-bond donors (Lipinski definition) is 1. The van der Waals surface area contributed by atoms with Crippen molar-refractivity contribution in [3.8, 4) is 5.75 Å². The first-order chi connectivity index (χ1) is 16.8. The van der Waals surface area contributed by atoms with Gasteiger partial charge in [-0.15, -0.1) is 0 Å². The van der Waals surface area contributed by atoms with Gasteiger partial charge in [0.05, 0.1) is 25.6 Å². The molecule has 6 nitrogen and oxygen atoms in total. The van der Waals surface area contributed by atoms with Gasteiger partial charge in [-0.25, -0.2) is 8.42 Å². The molecule has 1 aliphatic carbocycles. The number of carbonyl (C=O) groups is 1. The van der Waals surface area contributed by atoms with Crippen LogP contribution in [0.1, 0.15) is 27.0 Å². The first-order valence-electron chi connectivity index (χ1n) is 11.4. The van der Waals surface area contributed by atoms with Crippen LogP contribution in [0.5, 0.6) is 5.75 Å². The molecule has 0 heterocycles. The lowest BCUT2D eigenvalue weighted by Gasteiger charge is -2.23. The van der Waals surface area contributed by atoms with Crippen LogP contribution in [-0.4, -0.2) is 27.7 Å². The summed E-state index contributed by atoms with van der Waals surface area (Å²) in [5.74, 6) is 0.447. The molecule has 0 aromatic heterocycles. The molecule has 35 heavy (non-hydrogen) atoms. The molecular formula is C28H26N2O4S. The van der Waals surface area contributed by atoms with Gasteiger partial charge in [0, 0.05) is 16.6 Å². The molecule has 4 aromatic carbocycles. The molecule has 0 saturated carbocycles. The maximum Gasteiger partial charge on any atom is 0.255 e. The Kier molecular flexibility index (Phi) is 5.94. The molecule has 0 spiro atoms. The monoisotopic (exact) mass is 486 g/mol. The second-order valence-corrected chi connectivity index (χ2v) is 10.6. The van der Waals surface area contributed by atoms with Gasteiger partial charge in [-0.1, -0.05) is 36.4 Å². The van der Waals surface area contributed by atoms with Crippen LogP contribution >= 0.6 is 0 Å². The van der Waals surface area contributed by atoms with E-state index in [0.29, 0.717) is 17.0 Å². The fourth-order valence-electron chi connectivity index (χ4n) is 4.63. The van der Waals surface area contributed by atoms with Crippen molar-refractivity contribution < 1.29 is 17.9 Å². The zero-order valence-electron chi connectivity index (χ0n) is 19.6. The molecule has 0 radical (unpaired) electrons.